The van der Waals surface area contributed by atoms with Crippen molar-refractivity contribution in [1.82, 2.24) is 0 Å². The molecule has 0 aromatic carbocycles. The topological polar surface area (TPSA) is 86.7 Å². The molecule has 6 heteroatoms. The molecule has 0 N–H and O–H groups in total. The lowest BCUT2D eigenvalue weighted by molar-refractivity contribution is -0.158. The summed E-state index contributed by atoms with van der Waals surface area (Å²) in [5.74, 6) is -3.76. The summed E-state index contributed by atoms with van der Waals surface area (Å²) >= 11 is 0. The van der Waals surface area contributed by atoms with E-state index in [1.54, 1.807) is 0 Å². The van der Waals surface area contributed by atoms with Gasteiger partial charge < -0.3 is 9.47 Å². The SMILES string of the molecule is O=C1OC(=O)C2=C3C(=O)OC(=O)C4=C(C1=C2)C34. The molecule has 17 heavy (non-hydrogen) atoms. The number of esters is 4. The van der Waals surface area contributed by atoms with Gasteiger partial charge in [-0.05, 0) is 11.6 Å². The third-order valence-corrected chi connectivity index (χ3v) is 3.19. The van der Waals surface area contributed by atoms with Gasteiger partial charge in [0.2, 0.25) is 0 Å². The maximum Gasteiger partial charge on any atom is 0.346 e. The number of rotatable bonds is 0. The molecule has 0 radical (unpaired) electrons. The van der Waals surface area contributed by atoms with Gasteiger partial charge in [0.15, 0.2) is 0 Å². The molecule has 0 aromatic heterocycles. The molecular formula is C11H2O6. The van der Waals surface area contributed by atoms with Crippen LogP contribution in [-0.4, -0.2) is 23.9 Å². The minimum Gasteiger partial charge on any atom is -0.386 e. The Balaban J connectivity index is 2.06. The summed E-state index contributed by atoms with van der Waals surface area (Å²) in [6.45, 7) is 0. The van der Waals surface area contributed by atoms with Crippen LogP contribution >= 0.6 is 0 Å². The second-order valence-corrected chi connectivity index (χ2v) is 4.00. The van der Waals surface area contributed by atoms with E-state index in [1.165, 1.54) is 6.08 Å². The number of hydrogen-bond donors (Lipinski definition) is 0. The summed E-state index contributed by atoms with van der Waals surface area (Å²) in [6.07, 6.45) is 1.29. The number of hydrogen-bond acceptors (Lipinski definition) is 6. The number of ether oxygens (including phenoxy) is 2. The van der Waals surface area contributed by atoms with Crippen molar-refractivity contribution in [1.29, 1.82) is 0 Å². The Morgan fingerprint density at radius 3 is 2.18 bits per heavy atom. The Bertz CT molecular complexity index is 672. The molecule has 2 aliphatic heterocycles. The van der Waals surface area contributed by atoms with Gasteiger partial charge >= 0.3 is 23.9 Å². The predicted octanol–water partition coefficient (Wildman–Crippen LogP) is -0.684. The van der Waals surface area contributed by atoms with Gasteiger partial charge in [-0.3, -0.25) is 0 Å². The summed E-state index contributed by atoms with van der Waals surface area (Å²) in [7, 11) is 0. The Morgan fingerprint density at radius 1 is 0.765 bits per heavy atom. The molecule has 1 atom stereocenters. The van der Waals surface area contributed by atoms with E-state index >= 15 is 0 Å². The quantitative estimate of drug-likeness (QED) is 0.404. The van der Waals surface area contributed by atoms with Crippen LogP contribution in [0, 0.1) is 5.92 Å². The molecule has 0 spiro atoms. The standard InChI is InChI=1S/C11H2O6/c12-8-2-1-3(9(13)16-8)5-6-4(2)7(6)11(15)17-10(5)14/h1,6H. The zero-order valence-electron chi connectivity index (χ0n) is 8.10. The van der Waals surface area contributed by atoms with Gasteiger partial charge in [0.1, 0.15) is 0 Å². The van der Waals surface area contributed by atoms with Crippen LogP contribution in [0.15, 0.2) is 33.9 Å². The molecule has 0 saturated carbocycles. The smallest absolute Gasteiger partial charge is 0.346 e. The highest BCUT2D eigenvalue weighted by molar-refractivity contribution is 6.24. The molecule has 4 aliphatic rings. The summed E-state index contributed by atoms with van der Waals surface area (Å²) < 4.78 is 8.98. The lowest BCUT2D eigenvalue weighted by atomic mass is 9.89. The maximum absolute atomic E-state index is 11.5. The van der Waals surface area contributed by atoms with Crippen molar-refractivity contribution in [2.24, 2.45) is 5.92 Å². The fourth-order valence-corrected chi connectivity index (χ4v) is 2.45. The van der Waals surface area contributed by atoms with E-state index in [0.717, 1.165) is 0 Å². The monoisotopic (exact) mass is 230 g/mol. The van der Waals surface area contributed by atoms with Gasteiger partial charge in [-0.15, -0.1) is 0 Å². The lowest BCUT2D eigenvalue weighted by Gasteiger charge is -2.21. The molecule has 1 unspecified atom stereocenters. The second-order valence-electron chi connectivity index (χ2n) is 4.00. The summed E-state index contributed by atoms with van der Waals surface area (Å²) in [5.41, 5.74) is 1.04. The van der Waals surface area contributed by atoms with Crippen LogP contribution < -0.4 is 0 Å². The Kier molecular flexibility index (Phi) is 1.15. The number of carbonyl (C=O) groups excluding carboxylic acids is 4. The van der Waals surface area contributed by atoms with Crippen molar-refractivity contribution in [2.75, 3.05) is 0 Å². The molecule has 0 aromatic rings. The van der Waals surface area contributed by atoms with E-state index in [9.17, 15) is 19.2 Å². The van der Waals surface area contributed by atoms with Crippen LogP contribution in [0.25, 0.3) is 0 Å². The Labute approximate surface area is 93.2 Å². The second kappa shape index (κ2) is 2.27. The van der Waals surface area contributed by atoms with Gasteiger partial charge in [-0.25, -0.2) is 19.2 Å². The van der Waals surface area contributed by atoms with E-state index in [0.29, 0.717) is 5.57 Å². The van der Waals surface area contributed by atoms with Crippen molar-refractivity contribution in [3.8, 4) is 0 Å². The van der Waals surface area contributed by atoms with E-state index in [4.69, 9.17) is 0 Å². The highest BCUT2D eigenvalue weighted by Gasteiger charge is 2.59. The molecule has 2 heterocycles. The molecule has 2 bridgehead atoms. The van der Waals surface area contributed by atoms with Crippen molar-refractivity contribution in [3.05, 3.63) is 33.9 Å². The van der Waals surface area contributed by atoms with Gasteiger partial charge in [0.25, 0.3) is 0 Å². The fourth-order valence-electron chi connectivity index (χ4n) is 2.45. The highest BCUT2D eigenvalue weighted by Crippen LogP contribution is 2.57. The molecule has 1 saturated heterocycles. The van der Waals surface area contributed by atoms with E-state index in [1.807, 2.05) is 0 Å². The average Bonchev–Trinajstić information content (AvgIpc) is 2.98. The number of cyclic esters (lactones) is 4. The molecule has 2 aliphatic carbocycles. The zero-order valence-corrected chi connectivity index (χ0v) is 8.10. The fraction of sp³-hybridized carbons (Fsp3) is 0.0909. The van der Waals surface area contributed by atoms with Crippen molar-refractivity contribution >= 4 is 23.9 Å². The van der Waals surface area contributed by atoms with E-state index in [-0.39, 0.29) is 22.3 Å². The van der Waals surface area contributed by atoms with Crippen LogP contribution in [0.5, 0.6) is 0 Å². The maximum atomic E-state index is 11.5. The van der Waals surface area contributed by atoms with E-state index < -0.39 is 29.8 Å². The molecule has 4 rings (SSSR count). The first-order valence-corrected chi connectivity index (χ1v) is 4.83. The normalized spacial score (nSPS) is 28.7. The third-order valence-electron chi connectivity index (χ3n) is 3.19. The van der Waals surface area contributed by atoms with Crippen LogP contribution in [0.2, 0.25) is 0 Å². The minimum absolute atomic E-state index is 0.0147. The van der Waals surface area contributed by atoms with Gasteiger partial charge in [0, 0.05) is 0 Å². The molecule has 0 amide bonds. The highest BCUT2D eigenvalue weighted by atomic mass is 16.6. The summed E-state index contributed by atoms with van der Waals surface area (Å²) in [4.78, 5) is 45.8. The zero-order chi connectivity index (χ0) is 11.9. The van der Waals surface area contributed by atoms with Crippen LogP contribution in [0.1, 0.15) is 0 Å². The number of carbonyl (C=O) groups is 4. The largest absolute Gasteiger partial charge is 0.386 e. The third kappa shape index (κ3) is 0.791. The van der Waals surface area contributed by atoms with Crippen LogP contribution in [0.4, 0.5) is 0 Å². The van der Waals surface area contributed by atoms with Crippen molar-refractivity contribution in [2.45, 2.75) is 0 Å². The molecule has 82 valence electrons. The average molecular weight is 230 g/mol. The van der Waals surface area contributed by atoms with Gasteiger partial charge in [0.05, 0.1) is 28.2 Å². The molecule has 6 nitrogen and oxygen atoms in total. The van der Waals surface area contributed by atoms with Gasteiger partial charge in [-0.1, -0.05) is 0 Å². The predicted molar refractivity (Wildman–Crippen MR) is 47.8 cm³/mol. The van der Waals surface area contributed by atoms with Crippen molar-refractivity contribution in [3.63, 3.8) is 0 Å². The van der Waals surface area contributed by atoms with Gasteiger partial charge in [-0.2, -0.15) is 0 Å². The van der Waals surface area contributed by atoms with E-state index in [2.05, 4.69) is 9.47 Å². The molecule has 1 fully saturated rings. The summed E-state index contributed by atoms with van der Waals surface area (Å²) in [6, 6.07) is 0. The minimum atomic E-state index is -0.870. The first-order chi connectivity index (χ1) is 8.09. The summed E-state index contributed by atoms with van der Waals surface area (Å²) in [5, 5.41) is 0. The van der Waals surface area contributed by atoms with Crippen LogP contribution in [-0.2, 0) is 28.7 Å². The van der Waals surface area contributed by atoms with Crippen LogP contribution in [0.3, 0.4) is 0 Å². The Hall–Kier alpha value is -2.50. The molecular weight excluding hydrogens is 228 g/mol. The Morgan fingerprint density at radius 2 is 1.41 bits per heavy atom. The first kappa shape index (κ1) is 8.63. The van der Waals surface area contributed by atoms with Crippen molar-refractivity contribution < 1.29 is 28.7 Å². The number of fused-ring (bicyclic) bond motifs is 2. The first-order valence-electron chi connectivity index (χ1n) is 4.83. The lowest BCUT2D eigenvalue weighted by Crippen LogP contribution is -2.30.